The van der Waals surface area contributed by atoms with E-state index in [9.17, 15) is 9.90 Å². The Balaban J connectivity index is 1.51. The minimum absolute atomic E-state index is 0.106. The minimum Gasteiger partial charge on any atom is -0.508 e. The standard InChI is InChI=1S/C26H36N4O2/c1-28-26(22-12-20(32)11-10-19(22)16-31)25-21-4-2-3-5-23(21)30-24(25)15-29-14-18-8-6-17(13-27)7-9-18/h2-5,10-12,16-18,24-26,28-30,32H,6-9,13-15,27H2,1H3. The number of likely N-dealkylation sites (N-methyl/N-ethyl adjacent to an activating group) is 1. The van der Waals surface area contributed by atoms with Crippen LogP contribution in [0.25, 0.3) is 0 Å². The molecule has 0 bridgehead atoms. The van der Waals surface area contributed by atoms with Gasteiger partial charge < -0.3 is 26.8 Å². The van der Waals surface area contributed by atoms with Gasteiger partial charge in [0.2, 0.25) is 0 Å². The first-order valence-electron chi connectivity index (χ1n) is 11.9. The summed E-state index contributed by atoms with van der Waals surface area (Å²) in [5.41, 5.74) is 9.65. The molecule has 2 aromatic carbocycles. The van der Waals surface area contributed by atoms with E-state index < -0.39 is 0 Å². The quantitative estimate of drug-likeness (QED) is 0.387. The third-order valence-corrected chi connectivity index (χ3v) is 7.39. The third-order valence-electron chi connectivity index (χ3n) is 7.39. The largest absolute Gasteiger partial charge is 0.508 e. The second kappa shape index (κ2) is 10.5. The number of nitrogens with one attached hydrogen (secondary N) is 3. The van der Waals surface area contributed by atoms with E-state index in [1.807, 2.05) is 13.1 Å². The molecule has 172 valence electrons. The molecule has 0 saturated heterocycles. The van der Waals surface area contributed by atoms with Crippen LogP contribution in [0, 0.1) is 11.8 Å². The number of para-hydroxylation sites is 1. The molecule has 2 aromatic rings. The van der Waals surface area contributed by atoms with Crippen molar-refractivity contribution in [1.82, 2.24) is 10.6 Å². The molecule has 4 rings (SSSR count). The van der Waals surface area contributed by atoms with Crippen LogP contribution in [0.1, 0.15) is 59.1 Å². The highest BCUT2D eigenvalue weighted by Gasteiger charge is 2.38. The number of anilines is 1. The van der Waals surface area contributed by atoms with Gasteiger partial charge in [0.05, 0.1) is 0 Å². The summed E-state index contributed by atoms with van der Waals surface area (Å²) >= 11 is 0. The highest BCUT2D eigenvalue weighted by molar-refractivity contribution is 5.78. The number of rotatable bonds is 9. The summed E-state index contributed by atoms with van der Waals surface area (Å²) in [7, 11) is 1.92. The second-order valence-corrected chi connectivity index (χ2v) is 9.34. The van der Waals surface area contributed by atoms with Gasteiger partial charge in [0.15, 0.2) is 0 Å². The van der Waals surface area contributed by atoms with Crippen LogP contribution in [-0.2, 0) is 0 Å². The van der Waals surface area contributed by atoms with E-state index in [-0.39, 0.29) is 23.8 Å². The molecule has 3 atom stereocenters. The summed E-state index contributed by atoms with van der Waals surface area (Å²) in [6.45, 7) is 2.67. The van der Waals surface area contributed by atoms with Gasteiger partial charge in [-0.25, -0.2) is 0 Å². The molecule has 0 aromatic heterocycles. The maximum absolute atomic E-state index is 11.7. The summed E-state index contributed by atoms with van der Waals surface area (Å²) in [6.07, 6.45) is 5.86. The molecule has 0 radical (unpaired) electrons. The van der Waals surface area contributed by atoms with Crippen LogP contribution in [0.15, 0.2) is 42.5 Å². The number of carbonyl (C=O) groups excluding carboxylic acids is 1. The summed E-state index contributed by atoms with van der Waals surface area (Å²) in [6, 6.07) is 13.4. The van der Waals surface area contributed by atoms with Gasteiger partial charge in [-0.1, -0.05) is 18.2 Å². The van der Waals surface area contributed by atoms with E-state index in [2.05, 4.69) is 34.1 Å². The minimum atomic E-state index is -0.106. The highest BCUT2D eigenvalue weighted by Crippen LogP contribution is 2.44. The molecule has 1 aliphatic heterocycles. The first-order valence-corrected chi connectivity index (χ1v) is 11.9. The lowest BCUT2D eigenvalue weighted by Crippen LogP contribution is -2.41. The van der Waals surface area contributed by atoms with Crippen LogP contribution in [0.2, 0.25) is 0 Å². The summed E-state index contributed by atoms with van der Waals surface area (Å²) < 4.78 is 0. The normalized spacial score (nSPS) is 25.7. The van der Waals surface area contributed by atoms with E-state index in [1.54, 1.807) is 18.2 Å². The Morgan fingerprint density at radius 3 is 2.59 bits per heavy atom. The summed E-state index contributed by atoms with van der Waals surface area (Å²) in [5.74, 6) is 1.71. The van der Waals surface area contributed by atoms with Gasteiger partial charge in [-0.15, -0.1) is 0 Å². The molecule has 6 N–H and O–H groups in total. The maximum atomic E-state index is 11.7. The maximum Gasteiger partial charge on any atom is 0.150 e. The molecule has 3 unspecified atom stereocenters. The Hall–Kier alpha value is -2.41. The number of nitrogens with two attached hydrogens (primary N) is 1. The molecule has 0 spiro atoms. The number of hydrogen-bond acceptors (Lipinski definition) is 6. The van der Waals surface area contributed by atoms with Gasteiger partial charge in [0.1, 0.15) is 12.0 Å². The smallest absolute Gasteiger partial charge is 0.150 e. The van der Waals surface area contributed by atoms with E-state index in [0.717, 1.165) is 37.2 Å². The third kappa shape index (κ3) is 4.82. The number of fused-ring (bicyclic) bond motifs is 1. The Labute approximate surface area is 191 Å². The SMILES string of the molecule is CNC(c1cc(O)ccc1C=O)C1c2ccccc2NC1CNCC1CCC(CN)CC1. The Kier molecular flexibility index (Phi) is 7.45. The Bertz CT molecular complexity index is 910. The first kappa shape index (κ1) is 22.8. The average Bonchev–Trinajstić information content (AvgIpc) is 3.18. The molecular weight excluding hydrogens is 400 g/mol. The lowest BCUT2D eigenvalue weighted by Gasteiger charge is -2.32. The second-order valence-electron chi connectivity index (χ2n) is 9.34. The number of phenols is 1. The highest BCUT2D eigenvalue weighted by atomic mass is 16.3. The van der Waals surface area contributed by atoms with E-state index in [0.29, 0.717) is 17.4 Å². The topological polar surface area (TPSA) is 99.4 Å². The summed E-state index contributed by atoms with van der Waals surface area (Å²) in [5, 5.41) is 21.0. The van der Waals surface area contributed by atoms with Gasteiger partial charge in [-0.05, 0) is 93.0 Å². The number of aldehydes is 1. The lowest BCUT2D eigenvalue weighted by molar-refractivity contribution is 0.112. The van der Waals surface area contributed by atoms with E-state index in [4.69, 9.17) is 5.73 Å². The first-order chi connectivity index (χ1) is 15.6. The van der Waals surface area contributed by atoms with Crippen LogP contribution in [0.5, 0.6) is 5.75 Å². The van der Waals surface area contributed by atoms with Gasteiger partial charge in [-0.2, -0.15) is 0 Å². The number of carbonyl (C=O) groups is 1. The van der Waals surface area contributed by atoms with Crippen molar-refractivity contribution in [1.29, 1.82) is 0 Å². The van der Waals surface area contributed by atoms with Crippen molar-refractivity contribution in [2.45, 2.75) is 43.7 Å². The van der Waals surface area contributed by atoms with Crippen LogP contribution < -0.4 is 21.7 Å². The number of phenolic OH excluding ortho intramolecular Hbond substituents is 1. The molecule has 1 saturated carbocycles. The number of benzene rings is 2. The predicted molar refractivity (Wildman–Crippen MR) is 129 cm³/mol. The van der Waals surface area contributed by atoms with Gasteiger partial charge in [-0.3, -0.25) is 4.79 Å². The van der Waals surface area contributed by atoms with Gasteiger partial charge in [0.25, 0.3) is 0 Å². The van der Waals surface area contributed by atoms with E-state index in [1.165, 1.54) is 31.2 Å². The fraction of sp³-hybridized carbons (Fsp3) is 0.500. The lowest BCUT2D eigenvalue weighted by atomic mass is 9.81. The molecule has 32 heavy (non-hydrogen) atoms. The van der Waals surface area contributed by atoms with Crippen molar-refractivity contribution in [3.05, 3.63) is 59.2 Å². The Morgan fingerprint density at radius 1 is 1.12 bits per heavy atom. The zero-order valence-corrected chi connectivity index (χ0v) is 18.9. The number of aromatic hydroxyl groups is 1. The zero-order valence-electron chi connectivity index (χ0n) is 18.9. The zero-order chi connectivity index (χ0) is 22.5. The molecular formula is C26H36N4O2. The van der Waals surface area contributed by atoms with Crippen molar-refractivity contribution in [2.24, 2.45) is 17.6 Å². The fourth-order valence-corrected chi connectivity index (χ4v) is 5.60. The van der Waals surface area contributed by atoms with E-state index >= 15 is 0 Å². The van der Waals surface area contributed by atoms with Gasteiger partial charge in [0, 0.05) is 35.8 Å². The molecule has 1 fully saturated rings. The van der Waals surface area contributed by atoms with Crippen LogP contribution >= 0.6 is 0 Å². The monoisotopic (exact) mass is 436 g/mol. The van der Waals surface area contributed by atoms with Crippen molar-refractivity contribution in [3.63, 3.8) is 0 Å². The summed E-state index contributed by atoms with van der Waals surface area (Å²) in [4.78, 5) is 11.7. The number of hydrogen-bond donors (Lipinski definition) is 5. The molecule has 6 heteroatoms. The average molecular weight is 437 g/mol. The Morgan fingerprint density at radius 2 is 1.88 bits per heavy atom. The van der Waals surface area contributed by atoms with Crippen molar-refractivity contribution < 1.29 is 9.90 Å². The molecule has 1 heterocycles. The van der Waals surface area contributed by atoms with Crippen molar-refractivity contribution >= 4 is 12.0 Å². The van der Waals surface area contributed by atoms with Crippen molar-refractivity contribution in [3.8, 4) is 5.75 Å². The van der Waals surface area contributed by atoms with Crippen LogP contribution in [0.3, 0.4) is 0 Å². The fourth-order valence-electron chi connectivity index (χ4n) is 5.60. The van der Waals surface area contributed by atoms with Crippen molar-refractivity contribution in [2.75, 3.05) is 32.0 Å². The van der Waals surface area contributed by atoms with Crippen LogP contribution in [-0.4, -0.2) is 44.1 Å². The van der Waals surface area contributed by atoms with Crippen LogP contribution in [0.4, 0.5) is 5.69 Å². The molecule has 2 aliphatic rings. The molecule has 6 nitrogen and oxygen atoms in total. The molecule has 1 aliphatic carbocycles. The van der Waals surface area contributed by atoms with Gasteiger partial charge >= 0.3 is 0 Å². The predicted octanol–water partition coefficient (Wildman–Crippen LogP) is 3.40. The molecule has 0 amide bonds.